The number of aryl methyl sites for hydroxylation is 1. The molecule has 0 saturated carbocycles. The van der Waals surface area contributed by atoms with E-state index < -0.39 is 29.9 Å². The van der Waals surface area contributed by atoms with E-state index in [1.807, 2.05) is 23.7 Å². The van der Waals surface area contributed by atoms with Crippen LogP contribution in [0.3, 0.4) is 0 Å². The zero-order valence-electron chi connectivity index (χ0n) is 19.6. The molecule has 4 aromatic rings. The van der Waals surface area contributed by atoms with Gasteiger partial charge in [0.1, 0.15) is 5.82 Å². The monoisotopic (exact) mass is 492 g/mol. The van der Waals surface area contributed by atoms with Crippen LogP contribution in [0.5, 0.6) is 0 Å². The molecule has 3 heterocycles. The van der Waals surface area contributed by atoms with Crippen LogP contribution >= 0.6 is 0 Å². The van der Waals surface area contributed by atoms with E-state index in [4.69, 9.17) is 5.73 Å². The van der Waals surface area contributed by atoms with Crippen LogP contribution in [-0.2, 0) is 6.54 Å². The summed E-state index contributed by atoms with van der Waals surface area (Å²) in [5, 5.41) is 22.7. The maximum atomic E-state index is 15.1. The highest BCUT2D eigenvalue weighted by Crippen LogP contribution is 2.28. The van der Waals surface area contributed by atoms with Gasteiger partial charge in [-0.3, -0.25) is 14.5 Å². The van der Waals surface area contributed by atoms with E-state index in [1.54, 1.807) is 43.6 Å². The van der Waals surface area contributed by atoms with Crippen molar-refractivity contribution in [2.75, 3.05) is 10.6 Å². The first-order chi connectivity index (χ1) is 17.3. The van der Waals surface area contributed by atoms with Gasteiger partial charge >= 0.3 is 6.09 Å². The molecular formula is C24H25FN8O3. The molecule has 0 saturated heterocycles. The predicted octanol–water partition coefficient (Wildman–Crippen LogP) is 3.64. The van der Waals surface area contributed by atoms with Crippen molar-refractivity contribution in [1.29, 1.82) is 0 Å². The van der Waals surface area contributed by atoms with E-state index in [2.05, 4.69) is 31.0 Å². The van der Waals surface area contributed by atoms with E-state index in [9.17, 15) is 14.7 Å². The number of nitrogens with two attached hydrogens (primary N) is 1. The summed E-state index contributed by atoms with van der Waals surface area (Å²) in [5.41, 5.74) is 7.34. The molecule has 0 aliphatic heterocycles. The van der Waals surface area contributed by atoms with Crippen molar-refractivity contribution in [3.05, 3.63) is 71.9 Å². The molecule has 1 aromatic carbocycles. The van der Waals surface area contributed by atoms with Gasteiger partial charge in [-0.15, -0.1) is 0 Å². The molecule has 0 aliphatic rings. The van der Waals surface area contributed by atoms with Crippen LogP contribution in [0.4, 0.5) is 26.5 Å². The van der Waals surface area contributed by atoms with Gasteiger partial charge < -0.3 is 26.8 Å². The molecule has 0 fully saturated rings. The van der Waals surface area contributed by atoms with Gasteiger partial charge in [0.2, 0.25) is 0 Å². The molecule has 0 radical (unpaired) electrons. The van der Waals surface area contributed by atoms with Gasteiger partial charge in [-0.25, -0.2) is 14.2 Å². The highest BCUT2D eigenvalue weighted by molar-refractivity contribution is 5.99. The second-order valence-corrected chi connectivity index (χ2v) is 8.05. The fourth-order valence-electron chi connectivity index (χ4n) is 3.87. The quantitative estimate of drug-likeness (QED) is 0.237. The zero-order chi connectivity index (χ0) is 25.8. The Morgan fingerprint density at radius 3 is 2.67 bits per heavy atom. The van der Waals surface area contributed by atoms with E-state index in [0.29, 0.717) is 17.9 Å². The van der Waals surface area contributed by atoms with E-state index in [-0.39, 0.29) is 17.2 Å². The average Bonchev–Trinajstić information content (AvgIpc) is 3.26. The molecule has 6 N–H and O–H groups in total. The van der Waals surface area contributed by atoms with Crippen molar-refractivity contribution in [3.63, 3.8) is 0 Å². The van der Waals surface area contributed by atoms with E-state index >= 15 is 4.39 Å². The Hall–Kier alpha value is -4.74. The van der Waals surface area contributed by atoms with Crippen LogP contribution < -0.4 is 21.7 Å². The van der Waals surface area contributed by atoms with Crippen LogP contribution in [0.1, 0.15) is 35.9 Å². The molecule has 2 amide bonds. The van der Waals surface area contributed by atoms with Crippen LogP contribution in [0, 0.1) is 5.82 Å². The van der Waals surface area contributed by atoms with Crippen molar-refractivity contribution in [1.82, 2.24) is 25.1 Å². The first-order valence-corrected chi connectivity index (χ1v) is 11.2. The molecule has 0 unspecified atom stereocenters. The number of hydrogen-bond donors (Lipinski definition) is 5. The molecule has 36 heavy (non-hydrogen) atoms. The average molecular weight is 493 g/mol. The third-order valence-electron chi connectivity index (χ3n) is 5.60. The summed E-state index contributed by atoms with van der Waals surface area (Å²) < 4.78 is 16.9. The summed E-state index contributed by atoms with van der Waals surface area (Å²) in [6, 6.07) is 10.1. The van der Waals surface area contributed by atoms with Gasteiger partial charge in [-0.2, -0.15) is 5.10 Å². The lowest BCUT2D eigenvalue weighted by Crippen LogP contribution is -2.39. The lowest BCUT2D eigenvalue weighted by molar-refractivity contribution is 0.1000. The van der Waals surface area contributed by atoms with Gasteiger partial charge in [0.25, 0.3) is 5.91 Å². The van der Waals surface area contributed by atoms with E-state index in [1.165, 1.54) is 0 Å². The van der Waals surface area contributed by atoms with Crippen LogP contribution in [-0.4, -0.2) is 42.9 Å². The molecule has 2 atom stereocenters. The number of primary amides is 1. The first-order valence-electron chi connectivity index (χ1n) is 11.2. The lowest BCUT2D eigenvalue weighted by atomic mass is 10.1. The van der Waals surface area contributed by atoms with Gasteiger partial charge in [0, 0.05) is 23.8 Å². The van der Waals surface area contributed by atoms with E-state index in [0.717, 1.165) is 17.0 Å². The zero-order valence-corrected chi connectivity index (χ0v) is 19.6. The second-order valence-electron chi connectivity index (χ2n) is 8.05. The third kappa shape index (κ3) is 5.17. The highest BCUT2D eigenvalue weighted by Gasteiger charge is 2.25. The van der Waals surface area contributed by atoms with Gasteiger partial charge in [0.15, 0.2) is 11.6 Å². The number of benzene rings is 1. The Morgan fingerprint density at radius 1 is 1.19 bits per heavy atom. The standard InChI is InChI=1S/C24H25FN8O3/c1-3-33-19-8-7-15(10-14(19)12-28-33)30-22-16(21(26)34)11-17(25)23(32-22)31-20(13(2)29-24(35)36)18-6-4-5-9-27-18/h4-13,20,29H,3H2,1-2H3,(H2,26,34)(H,35,36)(H2,30,31,32)/t13-,20-/m0/s1. The Bertz CT molecular complexity index is 1410. The Balaban J connectivity index is 1.71. The Labute approximate surface area is 205 Å². The molecule has 4 rings (SSSR count). The minimum atomic E-state index is -1.24. The van der Waals surface area contributed by atoms with Crippen LogP contribution in [0.15, 0.2) is 54.9 Å². The molecule has 0 spiro atoms. The van der Waals surface area contributed by atoms with Gasteiger partial charge in [-0.05, 0) is 50.2 Å². The number of nitrogens with one attached hydrogen (secondary N) is 3. The summed E-state index contributed by atoms with van der Waals surface area (Å²) >= 11 is 0. The molecule has 11 nitrogen and oxygen atoms in total. The SMILES string of the molecule is CCn1ncc2cc(Nc3nc(N[C@H](c4ccccn4)[C@H](C)NC(=O)O)c(F)cc3C(N)=O)ccc21. The fourth-order valence-corrected chi connectivity index (χ4v) is 3.87. The normalized spacial score (nSPS) is 12.6. The van der Waals surface area contributed by atoms with Crippen molar-refractivity contribution >= 4 is 40.2 Å². The number of rotatable bonds is 9. The molecule has 186 valence electrons. The van der Waals surface area contributed by atoms with Crippen molar-refractivity contribution in [3.8, 4) is 0 Å². The van der Waals surface area contributed by atoms with Gasteiger partial charge in [-0.1, -0.05) is 6.07 Å². The second kappa shape index (κ2) is 10.3. The maximum Gasteiger partial charge on any atom is 0.404 e. The van der Waals surface area contributed by atoms with Crippen LogP contribution in [0.2, 0.25) is 0 Å². The minimum Gasteiger partial charge on any atom is -0.465 e. The summed E-state index contributed by atoms with van der Waals surface area (Å²) in [5.74, 6) is -1.88. The van der Waals surface area contributed by atoms with Crippen molar-refractivity contribution in [2.45, 2.75) is 32.5 Å². The largest absolute Gasteiger partial charge is 0.465 e. The minimum absolute atomic E-state index is 0.0345. The number of amides is 2. The lowest BCUT2D eigenvalue weighted by Gasteiger charge is -2.25. The Morgan fingerprint density at radius 2 is 2.00 bits per heavy atom. The summed E-state index contributed by atoms with van der Waals surface area (Å²) in [7, 11) is 0. The van der Waals surface area contributed by atoms with Gasteiger partial charge in [0.05, 0.1) is 35.1 Å². The summed E-state index contributed by atoms with van der Waals surface area (Å²) in [6.07, 6.45) is 2.02. The number of aromatic nitrogens is 4. The van der Waals surface area contributed by atoms with Crippen molar-refractivity contribution in [2.24, 2.45) is 5.73 Å². The molecule has 0 bridgehead atoms. The number of fused-ring (bicyclic) bond motifs is 1. The number of hydrogen-bond acceptors (Lipinski definition) is 7. The number of carbonyl (C=O) groups excluding carboxylic acids is 1. The number of pyridine rings is 2. The maximum absolute atomic E-state index is 15.1. The predicted molar refractivity (Wildman–Crippen MR) is 133 cm³/mol. The Kier molecular flexibility index (Phi) is 6.95. The number of anilines is 3. The molecule has 3 aromatic heterocycles. The first kappa shape index (κ1) is 24.4. The smallest absolute Gasteiger partial charge is 0.404 e. The number of carboxylic acid groups (broad SMARTS) is 1. The number of nitrogens with zero attached hydrogens (tertiary/aromatic N) is 4. The number of halogens is 1. The molecular weight excluding hydrogens is 467 g/mol. The molecule has 12 heteroatoms. The van der Waals surface area contributed by atoms with Crippen LogP contribution in [0.25, 0.3) is 10.9 Å². The molecule has 0 aliphatic carbocycles. The summed E-state index contributed by atoms with van der Waals surface area (Å²) in [4.78, 5) is 31.9. The fraction of sp³-hybridized carbons (Fsp3) is 0.208. The number of carbonyl (C=O) groups is 2. The highest BCUT2D eigenvalue weighted by atomic mass is 19.1. The summed E-state index contributed by atoms with van der Waals surface area (Å²) in [6.45, 7) is 4.31. The topological polar surface area (TPSA) is 160 Å². The van der Waals surface area contributed by atoms with Crippen molar-refractivity contribution < 1.29 is 19.1 Å². The third-order valence-corrected chi connectivity index (χ3v) is 5.60.